The van der Waals surface area contributed by atoms with Gasteiger partial charge in [-0.05, 0) is 36.8 Å². The van der Waals surface area contributed by atoms with Crippen LogP contribution in [0.4, 0.5) is 8.78 Å². The molecule has 120 valence electrons. The lowest BCUT2D eigenvalue weighted by molar-refractivity contribution is -0.0512. The third-order valence-corrected chi connectivity index (χ3v) is 3.13. The largest absolute Gasteiger partial charge is 0.493 e. The molecule has 3 nitrogen and oxygen atoms in total. The number of carbonyl (C=O) groups is 1. The second-order valence-electron chi connectivity index (χ2n) is 4.86. The maximum Gasteiger partial charge on any atom is 0.387 e. The summed E-state index contributed by atoms with van der Waals surface area (Å²) in [6.07, 6.45) is 3.02. The molecule has 0 spiro atoms. The van der Waals surface area contributed by atoms with Gasteiger partial charge in [-0.15, -0.1) is 0 Å². The summed E-state index contributed by atoms with van der Waals surface area (Å²) in [6.45, 7) is -1.01. The van der Waals surface area contributed by atoms with Crippen molar-refractivity contribution in [3.63, 3.8) is 0 Å². The summed E-state index contributed by atoms with van der Waals surface area (Å²) in [6, 6.07) is 11.7. The molecule has 0 bridgehead atoms. The van der Waals surface area contributed by atoms with Crippen LogP contribution in [0.5, 0.6) is 11.5 Å². The fourth-order valence-corrected chi connectivity index (χ4v) is 2.05. The van der Waals surface area contributed by atoms with Gasteiger partial charge in [0.25, 0.3) is 0 Å². The Hall–Kier alpha value is -2.69. The zero-order valence-electron chi connectivity index (χ0n) is 12.8. The lowest BCUT2D eigenvalue weighted by Crippen LogP contribution is -2.03. The average Bonchev–Trinajstić information content (AvgIpc) is 2.53. The number of ether oxygens (including phenoxy) is 2. The van der Waals surface area contributed by atoms with Crippen molar-refractivity contribution in [1.82, 2.24) is 0 Å². The number of carbonyl (C=O) groups excluding carboxylic acids is 1. The van der Waals surface area contributed by atoms with Crippen molar-refractivity contribution in [3.05, 3.63) is 65.2 Å². The van der Waals surface area contributed by atoms with Gasteiger partial charge in [0.15, 0.2) is 17.3 Å². The molecule has 0 saturated heterocycles. The van der Waals surface area contributed by atoms with Crippen LogP contribution >= 0.6 is 0 Å². The Morgan fingerprint density at radius 1 is 1.13 bits per heavy atom. The molecule has 0 N–H and O–H groups in total. The van der Waals surface area contributed by atoms with Crippen molar-refractivity contribution < 1.29 is 23.0 Å². The number of alkyl halides is 2. The van der Waals surface area contributed by atoms with E-state index in [0.29, 0.717) is 11.1 Å². The van der Waals surface area contributed by atoms with E-state index in [-0.39, 0.29) is 17.3 Å². The third kappa shape index (κ3) is 4.64. The zero-order valence-corrected chi connectivity index (χ0v) is 12.8. The monoisotopic (exact) mass is 318 g/mol. The molecule has 0 saturated carbocycles. The number of benzene rings is 2. The molecule has 5 heteroatoms. The number of aryl methyl sites for hydroxylation is 1. The van der Waals surface area contributed by atoms with E-state index in [9.17, 15) is 13.6 Å². The van der Waals surface area contributed by atoms with Gasteiger partial charge in [-0.25, -0.2) is 0 Å². The van der Waals surface area contributed by atoms with Crippen LogP contribution in [0.3, 0.4) is 0 Å². The Morgan fingerprint density at radius 2 is 1.91 bits per heavy atom. The van der Waals surface area contributed by atoms with Crippen LogP contribution < -0.4 is 9.47 Å². The number of hydrogen-bond donors (Lipinski definition) is 0. The molecule has 2 aromatic rings. The maximum atomic E-state index is 12.3. The van der Waals surface area contributed by atoms with Crippen LogP contribution in [0.25, 0.3) is 6.08 Å². The molecule has 0 amide bonds. The maximum absolute atomic E-state index is 12.3. The van der Waals surface area contributed by atoms with Gasteiger partial charge in [0.05, 0.1) is 7.11 Å². The molecule has 0 atom stereocenters. The fraction of sp³-hybridized carbons (Fsp3) is 0.167. The van der Waals surface area contributed by atoms with Crippen LogP contribution in [-0.2, 0) is 0 Å². The molecule has 0 fully saturated rings. The van der Waals surface area contributed by atoms with E-state index < -0.39 is 6.61 Å². The van der Waals surface area contributed by atoms with Crippen LogP contribution in [0.2, 0.25) is 0 Å². The van der Waals surface area contributed by atoms with Gasteiger partial charge in [0.1, 0.15) is 0 Å². The number of halogens is 2. The van der Waals surface area contributed by atoms with Gasteiger partial charge in [-0.2, -0.15) is 8.78 Å². The first-order valence-corrected chi connectivity index (χ1v) is 6.91. The lowest BCUT2D eigenvalue weighted by Gasteiger charge is -2.10. The molecular weight excluding hydrogens is 302 g/mol. The van der Waals surface area contributed by atoms with Crippen molar-refractivity contribution in [2.45, 2.75) is 13.5 Å². The first-order chi connectivity index (χ1) is 11.0. The summed E-state index contributed by atoms with van der Waals surface area (Å²) in [7, 11) is 1.36. The molecular formula is C18H16F2O3. The van der Waals surface area contributed by atoms with Crippen LogP contribution in [0.1, 0.15) is 21.5 Å². The van der Waals surface area contributed by atoms with Gasteiger partial charge >= 0.3 is 6.61 Å². The van der Waals surface area contributed by atoms with Crippen molar-refractivity contribution in [2.75, 3.05) is 7.11 Å². The Morgan fingerprint density at radius 3 is 2.57 bits per heavy atom. The summed E-state index contributed by atoms with van der Waals surface area (Å²) in [5.74, 6) is -0.0133. The fourth-order valence-electron chi connectivity index (χ4n) is 2.05. The summed E-state index contributed by atoms with van der Waals surface area (Å²) in [5.41, 5.74) is 2.23. The van der Waals surface area contributed by atoms with Crippen molar-refractivity contribution in [3.8, 4) is 11.5 Å². The zero-order chi connectivity index (χ0) is 16.8. The Labute approximate surface area is 133 Å². The predicted molar refractivity (Wildman–Crippen MR) is 84.2 cm³/mol. The highest BCUT2D eigenvalue weighted by atomic mass is 19.3. The van der Waals surface area contributed by atoms with Gasteiger partial charge in [0, 0.05) is 5.56 Å². The topological polar surface area (TPSA) is 35.5 Å². The molecule has 2 rings (SSSR count). The Kier molecular flexibility index (Phi) is 5.46. The average molecular weight is 318 g/mol. The second-order valence-corrected chi connectivity index (χ2v) is 4.86. The van der Waals surface area contributed by atoms with Gasteiger partial charge < -0.3 is 9.47 Å². The van der Waals surface area contributed by atoms with E-state index >= 15 is 0 Å². The molecule has 0 aromatic heterocycles. The number of methoxy groups -OCH3 is 1. The summed E-state index contributed by atoms with van der Waals surface area (Å²) in [5, 5.41) is 0. The molecule has 0 aliphatic heterocycles. The van der Waals surface area contributed by atoms with E-state index in [0.717, 1.165) is 5.56 Å². The van der Waals surface area contributed by atoms with Crippen LogP contribution in [-0.4, -0.2) is 19.5 Å². The third-order valence-electron chi connectivity index (χ3n) is 3.13. The highest BCUT2D eigenvalue weighted by molar-refractivity contribution is 6.06. The second kappa shape index (κ2) is 7.54. The Bertz CT molecular complexity index is 724. The van der Waals surface area contributed by atoms with Crippen molar-refractivity contribution in [1.29, 1.82) is 0 Å². The first kappa shape index (κ1) is 16.7. The SMILES string of the molecule is COc1cc(/C=C/C(=O)c2cccc(C)c2)ccc1OC(F)F. The van der Waals surface area contributed by atoms with Crippen molar-refractivity contribution >= 4 is 11.9 Å². The van der Waals surface area contributed by atoms with E-state index in [1.165, 1.54) is 25.3 Å². The molecule has 0 aliphatic rings. The molecule has 0 unspecified atom stereocenters. The summed E-state index contributed by atoms with van der Waals surface area (Å²) in [4.78, 5) is 12.1. The van der Waals surface area contributed by atoms with Gasteiger partial charge in [0.2, 0.25) is 0 Å². The highest BCUT2D eigenvalue weighted by Crippen LogP contribution is 2.29. The number of hydrogen-bond acceptors (Lipinski definition) is 3. The number of allylic oxidation sites excluding steroid dienone is 1. The quantitative estimate of drug-likeness (QED) is 0.581. The van der Waals surface area contributed by atoms with E-state index in [4.69, 9.17) is 4.74 Å². The number of rotatable bonds is 6. The summed E-state index contributed by atoms with van der Waals surface area (Å²) >= 11 is 0. The van der Waals surface area contributed by atoms with E-state index in [2.05, 4.69) is 4.74 Å². The standard InChI is InChI=1S/C18H16F2O3/c1-12-4-3-5-14(10-12)15(21)8-6-13-7-9-16(23-18(19)20)17(11-13)22-2/h3-11,18H,1-2H3/b8-6+. The van der Waals surface area contributed by atoms with E-state index in [1.807, 2.05) is 19.1 Å². The van der Waals surface area contributed by atoms with Crippen LogP contribution in [0, 0.1) is 6.92 Å². The predicted octanol–water partition coefficient (Wildman–Crippen LogP) is 4.50. The minimum Gasteiger partial charge on any atom is -0.493 e. The van der Waals surface area contributed by atoms with Crippen molar-refractivity contribution in [2.24, 2.45) is 0 Å². The smallest absolute Gasteiger partial charge is 0.387 e. The normalized spacial score (nSPS) is 11.0. The highest BCUT2D eigenvalue weighted by Gasteiger charge is 2.10. The molecule has 23 heavy (non-hydrogen) atoms. The van der Waals surface area contributed by atoms with E-state index in [1.54, 1.807) is 24.3 Å². The molecule has 2 aromatic carbocycles. The lowest BCUT2D eigenvalue weighted by atomic mass is 10.1. The molecule has 0 aliphatic carbocycles. The van der Waals surface area contributed by atoms with Gasteiger partial charge in [-0.1, -0.05) is 35.9 Å². The van der Waals surface area contributed by atoms with Crippen LogP contribution in [0.15, 0.2) is 48.5 Å². The minimum atomic E-state index is -2.92. The number of ketones is 1. The molecule has 0 heterocycles. The first-order valence-electron chi connectivity index (χ1n) is 6.91. The van der Waals surface area contributed by atoms with Gasteiger partial charge in [-0.3, -0.25) is 4.79 Å². The molecule has 0 radical (unpaired) electrons. The summed E-state index contributed by atoms with van der Waals surface area (Å²) < 4.78 is 33.9. The Balaban J connectivity index is 2.17. The minimum absolute atomic E-state index is 0.0512.